The molecule has 0 spiro atoms. The molecule has 2 heterocycles. The van der Waals surface area contributed by atoms with Gasteiger partial charge in [-0.05, 0) is 84.1 Å². The largest absolute Gasteiger partial charge is 0.444 e. The number of carbonyl (C=O) groups excluding carboxylic acids is 1. The summed E-state index contributed by atoms with van der Waals surface area (Å²) in [6.07, 6.45) is 3.38. The number of nitrogens with one attached hydrogen (secondary N) is 1. The average Bonchev–Trinajstić information content (AvgIpc) is 3.17. The Morgan fingerprint density at radius 3 is 2.74 bits per heavy atom. The Kier molecular flexibility index (Phi) is 7.64. The first kappa shape index (κ1) is 23.2. The van der Waals surface area contributed by atoms with Crippen molar-refractivity contribution in [3.8, 4) is 11.4 Å². The highest BCUT2D eigenvalue weighted by atomic mass is 19.1. The molecule has 1 fully saturated rings. The van der Waals surface area contributed by atoms with E-state index in [1.165, 1.54) is 6.07 Å². The SMILES string of the molecule is Cc1ccc(-c2noc(CCCN3CCC(CNC(=O)OC(C)(C)C)CC3)n2)cc1F. The van der Waals surface area contributed by atoms with Crippen molar-refractivity contribution in [1.29, 1.82) is 0 Å². The summed E-state index contributed by atoms with van der Waals surface area (Å²) in [6.45, 7) is 11.0. The molecule has 31 heavy (non-hydrogen) atoms. The van der Waals surface area contributed by atoms with E-state index in [-0.39, 0.29) is 11.9 Å². The lowest BCUT2D eigenvalue weighted by atomic mass is 9.96. The van der Waals surface area contributed by atoms with Crippen LogP contribution in [0, 0.1) is 18.7 Å². The fourth-order valence-electron chi connectivity index (χ4n) is 3.62. The number of alkyl carbamates (subject to hydrolysis) is 1. The molecule has 1 aromatic carbocycles. The number of aromatic nitrogens is 2. The predicted molar refractivity (Wildman–Crippen MR) is 116 cm³/mol. The van der Waals surface area contributed by atoms with Gasteiger partial charge in [-0.2, -0.15) is 4.98 Å². The van der Waals surface area contributed by atoms with Gasteiger partial charge in [-0.3, -0.25) is 0 Å². The van der Waals surface area contributed by atoms with Crippen LogP contribution in [-0.2, 0) is 11.2 Å². The highest BCUT2D eigenvalue weighted by Crippen LogP contribution is 2.20. The zero-order chi connectivity index (χ0) is 22.4. The quantitative estimate of drug-likeness (QED) is 0.700. The van der Waals surface area contributed by atoms with Crippen LogP contribution in [-0.4, -0.2) is 52.9 Å². The summed E-state index contributed by atoms with van der Waals surface area (Å²) in [5, 5.41) is 6.86. The van der Waals surface area contributed by atoms with Gasteiger partial charge in [0.2, 0.25) is 11.7 Å². The van der Waals surface area contributed by atoms with Crippen molar-refractivity contribution in [3.05, 3.63) is 35.5 Å². The first-order valence-corrected chi connectivity index (χ1v) is 11.0. The number of piperidine rings is 1. The van der Waals surface area contributed by atoms with Gasteiger partial charge in [0.05, 0.1) is 0 Å². The number of hydrogen-bond donors (Lipinski definition) is 1. The van der Waals surface area contributed by atoms with Crippen LogP contribution in [0.25, 0.3) is 11.4 Å². The molecule has 0 unspecified atom stereocenters. The third-order valence-corrected chi connectivity index (χ3v) is 5.40. The maximum atomic E-state index is 13.7. The number of halogens is 1. The maximum absolute atomic E-state index is 13.7. The van der Waals surface area contributed by atoms with Crippen molar-refractivity contribution < 1.29 is 18.4 Å². The minimum Gasteiger partial charge on any atom is -0.444 e. The van der Waals surface area contributed by atoms with E-state index in [1.807, 2.05) is 20.8 Å². The van der Waals surface area contributed by atoms with Crippen molar-refractivity contribution in [3.63, 3.8) is 0 Å². The summed E-state index contributed by atoms with van der Waals surface area (Å²) in [5.74, 6) is 1.21. The highest BCUT2D eigenvalue weighted by molar-refractivity contribution is 5.67. The second-order valence-electron chi connectivity index (χ2n) is 9.25. The fourth-order valence-corrected chi connectivity index (χ4v) is 3.62. The lowest BCUT2D eigenvalue weighted by molar-refractivity contribution is 0.0510. The maximum Gasteiger partial charge on any atom is 0.407 e. The minimum absolute atomic E-state index is 0.270. The van der Waals surface area contributed by atoms with Crippen molar-refractivity contribution >= 4 is 6.09 Å². The van der Waals surface area contributed by atoms with Crippen molar-refractivity contribution in [2.24, 2.45) is 5.92 Å². The molecule has 2 aromatic rings. The molecule has 7 nitrogen and oxygen atoms in total. The summed E-state index contributed by atoms with van der Waals surface area (Å²) in [6, 6.07) is 4.95. The van der Waals surface area contributed by atoms with Crippen molar-refractivity contribution in [1.82, 2.24) is 20.4 Å². The molecule has 1 aromatic heterocycles. The second kappa shape index (κ2) is 10.2. The molecule has 3 rings (SSSR count). The normalized spacial score (nSPS) is 15.8. The van der Waals surface area contributed by atoms with Gasteiger partial charge in [0, 0.05) is 18.5 Å². The van der Waals surface area contributed by atoms with Crippen LogP contribution < -0.4 is 5.32 Å². The molecule has 0 aliphatic carbocycles. The summed E-state index contributed by atoms with van der Waals surface area (Å²) in [4.78, 5) is 18.6. The van der Waals surface area contributed by atoms with Crippen LogP contribution in [0.3, 0.4) is 0 Å². The molecule has 8 heteroatoms. The number of likely N-dealkylation sites (tertiary alicyclic amines) is 1. The molecule has 1 aliphatic heterocycles. The van der Waals surface area contributed by atoms with E-state index in [0.29, 0.717) is 41.7 Å². The Morgan fingerprint density at radius 2 is 2.06 bits per heavy atom. The first-order valence-electron chi connectivity index (χ1n) is 11.0. The smallest absolute Gasteiger partial charge is 0.407 e. The second-order valence-corrected chi connectivity index (χ2v) is 9.25. The van der Waals surface area contributed by atoms with E-state index in [2.05, 4.69) is 20.4 Å². The number of rotatable bonds is 7. The summed E-state index contributed by atoms with van der Waals surface area (Å²) in [7, 11) is 0. The lowest BCUT2D eigenvalue weighted by Gasteiger charge is -2.32. The average molecular weight is 433 g/mol. The Hall–Kier alpha value is -2.48. The van der Waals surface area contributed by atoms with Crippen LogP contribution in [0.1, 0.15) is 51.5 Å². The minimum atomic E-state index is -0.469. The van der Waals surface area contributed by atoms with Gasteiger partial charge in [0.1, 0.15) is 11.4 Å². The molecule has 1 N–H and O–H groups in total. The molecular weight excluding hydrogens is 399 g/mol. The van der Waals surface area contributed by atoms with E-state index in [9.17, 15) is 9.18 Å². The van der Waals surface area contributed by atoms with Gasteiger partial charge >= 0.3 is 6.09 Å². The lowest BCUT2D eigenvalue weighted by Crippen LogP contribution is -2.40. The number of benzene rings is 1. The highest BCUT2D eigenvalue weighted by Gasteiger charge is 2.21. The number of ether oxygens (including phenoxy) is 1. The van der Waals surface area contributed by atoms with E-state index >= 15 is 0 Å². The van der Waals surface area contributed by atoms with E-state index < -0.39 is 5.60 Å². The number of aryl methyl sites for hydroxylation is 2. The summed E-state index contributed by atoms with van der Waals surface area (Å²) < 4.78 is 24.4. The van der Waals surface area contributed by atoms with Crippen LogP contribution in [0.4, 0.5) is 9.18 Å². The Morgan fingerprint density at radius 1 is 1.32 bits per heavy atom. The number of nitrogens with zero attached hydrogens (tertiary/aromatic N) is 3. The van der Waals surface area contributed by atoms with Crippen molar-refractivity contribution in [2.75, 3.05) is 26.2 Å². The molecule has 170 valence electrons. The number of hydrogen-bond acceptors (Lipinski definition) is 6. The zero-order valence-electron chi connectivity index (χ0n) is 18.9. The molecule has 1 amide bonds. The Bertz CT molecular complexity index is 870. The molecular formula is C23H33FN4O3. The van der Waals surface area contributed by atoms with E-state index in [4.69, 9.17) is 9.26 Å². The summed E-state index contributed by atoms with van der Waals surface area (Å²) in [5.41, 5.74) is 0.750. The standard InChI is InChI=1S/C23H33FN4O3/c1-16-7-8-18(14-19(16)24)21-26-20(31-27-21)6-5-11-28-12-9-17(10-13-28)15-25-22(29)30-23(2,3)4/h7-8,14,17H,5-6,9-13,15H2,1-4H3,(H,25,29). The van der Waals surface area contributed by atoms with Crippen LogP contribution in [0.2, 0.25) is 0 Å². The van der Waals surface area contributed by atoms with Gasteiger partial charge in [-0.25, -0.2) is 9.18 Å². The third kappa shape index (κ3) is 7.31. The van der Waals surface area contributed by atoms with Crippen LogP contribution >= 0.6 is 0 Å². The first-order chi connectivity index (χ1) is 14.7. The van der Waals surface area contributed by atoms with Gasteiger partial charge in [-0.1, -0.05) is 17.3 Å². The third-order valence-electron chi connectivity index (χ3n) is 5.40. The number of amides is 1. The van der Waals surface area contributed by atoms with E-state index in [1.54, 1.807) is 19.1 Å². The Balaban J connectivity index is 1.35. The monoisotopic (exact) mass is 432 g/mol. The van der Waals surface area contributed by atoms with Crippen LogP contribution in [0.5, 0.6) is 0 Å². The zero-order valence-corrected chi connectivity index (χ0v) is 18.9. The molecule has 1 aliphatic rings. The van der Waals surface area contributed by atoms with E-state index in [0.717, 1.165) is 38.9 Å². The van der Waals surface area contributed by atoms with Gasteiger partial charge < -0.3 is 19.5 Å². The molecule has 0 bridgehead atoms. The van der Waals surface area contributed by atoms with Crippen molar-refractivity contribution in [2.45, 2.75) is 59.0 Å². The summed E-state index contributed by atoms with van der Waals surface area (Å²) >= 11 is 0. The molecule has 0 atom stereocenters. The fraction of sp³-hybridized carbons (Fsp3) is 0.609. The Labute approximate surface area is 183 Å². The topological polar surface area (TPSA) is 80.5 Å². The molecule has 1 saturated heterocycles. The van der Waals surface area contributed by atoms with Crippen LogP contribution in [0.15, 0.2) is 22.7 Å². The van der Waals surface area contributed by atoms with Gasteiger partial charge in [0.15, 0.2) is 0 Å². The predicted octanol–water partition coefficient (Wildman–Crippen LogP) is 4.35. The number of carbonyl (C=O) groups is 1. The molecule has 0 saturated carbocycles. The van der Waals surface area contributed by atoms with Gasteiger partial charge in [0.25, 0.3) is 0 Å². The molecule has 0 radical (unpaired) electrons. The van der Waals surface area contributed by atoms with Gasteiger partial charge in [-0.15, -0.1) is 0 Å².